The molecule has 0 fully saturated rings. The van der Waals surface area contributed by atoms with E-state index in [1.54, 1.807) is 0 Å². The summed E-state index contributed by atoms with van der Waals surface area (Å²) in [6, 6.07) is 26.2. The van der Waals surface area contributed by atoms with Crippen molar-refractivity contribution in [1.29, 1.82) is 0 Å². The Morgan fingerprint density at radius 1 is 0.885 bits per heavy atom. The summed E-state index contributed by atoms with van der Waals surface area (Å²) in [5.41, 5.74) is 4.85. The summed E-state index contributed by atoms with van der Waals surface area (Å²) in [4.78, 5) is 15.2. The highest BCUT2D eigenvalue weighted by atomic mass is 16.2. The van der Waals surface area contributed by atoms with E-state index in [1.165, 1.54) is 5.56 Å². The number of carbonyl (C=O) groups is 1. The molecule has 1 atom stereocenters. The second-order valence-corrected chi connectivity index (χ2v) is 6.59. The number of aryl methyl sites for hydroxylation is 1. The molecular formula is C23H22N2O. The van der Waals surface area contributed by atoms with Crippen molar-refractivity contribution in [2.75, 3.05) is 10.2 Å². The summed E-state index contributed by atoms with van der Waals surface area (Å²) in [5.74, 6) is 0.0245. The molecule has 0 saturated carbocycles. The Bertz CT molecular complexity index is 903. The molecule has 0 bridgehead atoms. The maximum Gasteiger partial charge on any atom is 0.262 e. The molecule has 1 N–H and O–H groups in total. The van der Waals surface area contributed by atoms with E-state index in [-0.39, 0.29) is 12.1 Å². The molecule has 3 heteroatoms. The number of carbonyl (C=O) groups excluding carboxylic acids is 1. The number of fused-ring (bicyclic) bond motifs is 1. The third-order valence-electron chi connectivity index (χ3n) is 4.80. The minimum atomic E-state index is -0.226. The van der Waals surface area contributed by atoms with Crippen LogP contribution in [0.3, 0.4) is 0 Å². The minimum absolute atomic E-state index is 0.0245. The van der Waals surface area contributed by atoms with Gasteiger partial charge in [0.15, 0.2) is 0 Å². The summed E-state index contributed by atoms with van der Waals surface area (Å²) >= 11 is 0. The Balaban J connectivity index is 1.79. The number of rotatable bonds is 4. The highest BCUT2D eigenvalue weighted by Gasteiger charge is 2.33. The normalized spacial score (nSPS) is 16.1. The molecule has 1 unspecified atom stereocenters. The molecule has 0 radical (unpaired) electrons. The molecule has 0 saturated heterocycles. The predicted octanol–water partition coefficient (Wildman–Crippen LogP) is 5.41. The predicted molar refractivity (Wildman–Crippen MR) is 106 cm³/mol. The minimum Gasteiger partial charge on any atom is -0.360 e. The molecule has 1 amide bonds. The average Bonchev–Trinajstić information content (AvgIpc) is 2.70. The summed E-state index contributed by atoms with van der Waals surface area (Å²) in [6.07, 6.45) is 1.94. The number of nitrogens with zero attached hydrogens (tertiary/aromatic N) is 1. The van der Waals surface area contributed by atoms with Gasteiger partial charge in [-0.3, -0.25) is 9.69 Å². The summed E-state index contributed by atoms with van der Waals surface area (Å²) in [7, 11) is 0. The van der Waals surface area contributed by atoms with Crippen molar-refractivity contribution in [3.63, 3.8) is 0 Å². The van der Waals surface area contributed by atoms with Crippen molar-refractivity contribution >= 4 is 17.3 Å². The molecule has 26 heavy (non-hydrogen) atoms. The molecule has 1 aliphatic heterocycles. The average molecular weight is 342 g/mol. The van der Waals surface area contributed by atoms with Crippen LogP contribution in [-0.4, -0.2) is 5.91 Å². The van der Waals surface area contributed by atoms with Crippen LogP contribution in [-0.2, 0) is 6.42 Å². The lowest BCUT2D eigenvalue weighted by Gasteiger charge is -2.38. The van der Waals surface area contributed by atoms with Crippen LogP contribution in [0.2, 0.25) is 0 Å². The molecule has 3 aromatic rings. The first-order valence-electron chi connectivity index (χ1n) is 9.11. The standard InChI is InChI=1S/C23H22N2O/c1-2-8-17-13-15-19(16-14-17)25-22(18-9-4-3-5-10-18)24-21-12-7-6-11-20(21)23(25)26/h3-7,9-16,22,24H,2,8H2,1H3. The number of anilines is 2. The lowest BCUT2D eigenvalue weighted by Crippen LogP contribution is -2.43. The van der Waals surface area contributed by atoms with Crippen molar-refractivity contribution in [2.24, 2.45) is 0 Å². The zero-order valence-electron chi connectivity index (χ0n) is 14.9. The van der Waals surface area contributed by atoms with Gasteiger partial charge >= 0.3 is 0 Å². The van der Waals surface area contributed by atoms with Crippen LogP contribution in [0.4, 0.5) is 11.4 Å². The van der Waals surface area contributed by atoms with Crippen LogP contribution in [0.15, 0.2) is 78.9 Å². The van der Waals surface area contributed by atoms with Gasteiger partial charge in [0.1, 0.15) is 6.17 Å². The lowest BCUT2D eigenvalue weighted by atomic mass is 10.0. The highest BCUT2D eigenvalue weighted by Crippen LogP contribution is 2.36. The Kier molecular flexibility index (Phi) is 4.44. The number of para-hydroxylation sites is 1. The van der Waals surface area contributed by atoms with Crippen molar-refractivity contribution < 1.29 is 4.79 Å². The number of benzene rings is 3. The molecule has 0 aromatic heterocycles. The molecule has 3 nitrogen and oxygen atoms in total. The molecule has 4 rings (SSSR count). The summed E-state index contributed by atoms with van der Waals surface area (Å²) in [5, 5.41) is 3.54. The molecule has 3 aromatic carbocycles. The second kappa shape index (κ2) is 7.04. The van der Waals surface area contributed by atoms with E-state index in [0.717, 1.165) is 29.8 Å². The first kappa shape index (κ1) is 16.4. The third-order valence-corrected chi connectivity index (χ3v) is 4.80. The van der Waals surface area contributed by atoms with Gasteiger partial charge in [-0.05, 0) is 41.8 Å². The maximum absolute atomic E-state index is 13.3. The Labute approximate surface area is 154 Å². The molecule has 1 aliphatic rings. The van der Waals surface area contributed by atoms with Gasteiger partial charge in [0.05, 0.1) is 5.56 Å². The van der Waals surface area contributed by atoms with Crippen LogP contribution in [0.1, 0.15) is 41.0 Å². The van der Waals surface area contributed by atoms with Crippen LogP contribution in [0.25, 0.3) is 0 Å². The fraction of sp³-hybridized carbons (Fsp3) is 0.174. The van der Waals surface area contributed by atoms with Gasteiger partial charge in [-0.25, -0.2) is 0 Å². The Morgan fingerprint density at radius 2 is 1.58 bits per heavy atom. The number of amides is 1. The van der Waals surface area contributed by atoms with Gasteiger partial charge in [-0.1, -0.05) is 67.9 Å². The van der Waals surface area contributed by atoms with Gasteiger partial charge in [0.25, 0.3) is 5.91 Å². The van der Waals surface area contributed by atoms with Crippen LogP contribution >= 0.6 is 0 Å². The number of hydrogen-bond donors (Lipinski definition) is 1. The van der Waals surface area contributed by atoms with Gasteiger partial charge in [0, 0.05) is 11.4 Å². The fourth-order valence-corrected chi connectivity index (χ4v) is 3.50. The summed E-state index contributed by atoms with van der Waals surface area (Å²) in [6.45, 7) is 2.17. The van der Waals surface area contributed by atoms with E-state index in [0.29, 0.717) is 5.56 Å². The largest absolute Gasteiger partial charge is 0.360 e. The van der Waals surface area contributed by atoms with Gasteiger partial charge in [-0.2, -0.15) is 0 Å². The molecule has 0 spiro atoms. The van der Waals surface area contributed by atoms with Crippen LogP contribution in [0.5, 0.6) is 0 Å². The van der Waals surface area contributed by atoms with Gasteiger partial charge in [-0.15, -0.1) is 0 Å². The SMILES string of the molecule is CCCc1ccc(N2C(=O)c3ccccc3NC2c2ccccc2)cc1. The number of nitrogens with one attached hydrogen (secondary N) is 1. The second-order valence-electron chi connectivity index (χ2n) is 6.59. The van der Waals surface area contributed by atoms with Crippen LogP contribution in [0, 0.1) is 0 Å². The zero-order chi connectivity index (χ0) is 17.9. The van der Waals surface area contributed by atoms with E-state index in [1.807, 2.05) is 47.4 Å². The number of hydrogen-bond acceptors (Lipinski definition) is 2. The topological polar surface area (TPSA) is 32.3 Å². The van der Waals surface area contributed by atoms with Gasteiger partial charge < -0.3 is 5.32 Å². The molecule has 1 heterocycles. The maximum atomic E-state index is 13.3. The van der Waals surface area contributed by atoms with E-state index in [2.05, 4.69) is 48.6 Å². The van der Waals surface area contributed by atoms with Crippen molar-refractivity contribution in [3.05, 3.63) is 95.6 Å². The smallest absolute Gasteiger partial charge is 0.262 e. The van der Waals surface area contributed by atoms with Gasteiger partial charge in [0.2, 0.25) is 0 Å². The first-order valence-corrected chi connectivity index (χ1v) is 9.11. The van der Waals surface area contributed by atoms with E-state index >= 15 is 0 Å². The fourth-order valence-electron chi connectivity index (χ4n) is 3.50. The van der Waals surface area contributed by atoms with Crippen molar-refractivity contribution in [2.45, 2.75) is 25.9 Å². The summed E-state index contributed by atoms with van der Waals surface area (Å²) < 4.78 is 0. The monoisotopic (exact) mass is 342 g/mol. The third kappa shape index (κ3) is 2.97. The first-order chi connectivity index (χ1) is 12.8. The van der Waals surface area contributed by atoms with Crippen molar-refractivity contribution in [3.8, 4) is 0 Å². The van der Waals surface area contributed by atoms with E-state index in [9.17, 15) is 4.79 Å². The lowest BCUT2D eigenvalue weighted by molar-refractivity contribution is 0.0975. The Morgan fingerprint density at radius 3 is 2.31 bits per heavy atom. The highest BCUT2D eigenvalue weighted by molar-refractivity contribution is 6.12. The molecular weight excluding hydrogens is 320 g/mol. The van der Waals surface area contributed by atoms with E-state index < -0.39 is 0 Å². The Hall–Kier alpha value is -3.07. The van der Waals surface area contributed by atoms with Crippen molar-refractivity contribution in [1.82, 2.24) is 0 Å². The molecule has 130 valence electrons. The zero-order valence-corrected chi connectivity index (χ0v) is 14.9. The molecule has 0 aliphatic carbocycles. The van der Waals surface area contributed by atoms with Crippen LogP contribution < -0.4 is 10.2 Å². The quantitative estimate of drug-likeness (QED) is 0.687. The van der Waals surface area contributed by atoms with E-state index in [4.69, 9.17) is 0 Å².